The van der Waals surface area contributed by atoms with E-state index in [0.29, 0.717) is 24.1 Å². The fraction of sp³-hybridized carbons (Fsp3) is 0.375. The first-order valence-electron chi connectivity index (χ1n) is 7.29. The maximum absolute atomic E-state index is 14.5. The fourth-order valence-electron chi connectivity index (χ4n) is 2.92. The molecule has 0 radical (unpaired) electrons. The molecule has 0 amide bonds. The number of rotatable bonds is 3. The van der Waals surface area contributed by atoms with Gasteiger partial charge >= 0.3 is 0 Å². The van der Waals surface area contributed by atoms with Crippen LogP contribution in [-0.2, 0) is 6.42 Å². The van der Waals surface area contributed by atoms with Crippen LogP contribution < -0.4 is 4.90 Å². The summed E-state index contributed by atoms with van der Waals surface area (Å²) >= 11 is 0. The molecule has 1 aliphatic heterocycles. The van der Waals surface area contributed by atoms with E-state index in [9.17, 15) is 13.9 Å². The number of aliphatic hydroxyl groups is 1. The molecule has 0 aliphatic carbocycles. The average Bonchev–Trinajstić information content (AvgIpc) is 2.89. The maximum atomic E-state index is 14.5. The second-order valence-electron chi connectivity index (χ2n) is 5.42. The van der Waals surface area contributed by atoms with Crippen molar-refractivity contribution in [1.82, 2.24) is 9.97 Å². The summed E-state index contributed by atoms with van der Waals surface area (Å²) in [4.78, 5) is 9.65. The summed E-state index contributed by atoms with van der Waals surface area (Å²) in [6, 6.07) is 5.86. The first kappa shape index (κ1) is 14.8. The predicted octanol–water partition coefficient (Wildman–Crippen LogP) is 2.63. The zero-order valence-corrected chi connectivity index (χ0v) is 12.2. The number of halogens is 2. The lowest BCUT2D eigenvalue weighted by molar-refractivity contribution is 0.194. The molecule has 1 aromatic heterocycles. The normalized spacial score (nSPS) is 21.4. The van der Waals surface area contributed by atoms with Crippen molar-refractivity contribution in [1.29, 1.82) is 0 Å². The first-order chi connectivity index (χ1) is 10.6. The van der Waals surface area contributed by atoms with E-state index in [0.717, 1.165) is 0 Å². The maximum Gasteiger partial charge on any atom is 0.187 e. The molecule has 2 unspecified atom stereocenters. The van der Waals surface area contributed by atoms with E-state index in [-0.39, 0.29) is 24.2 Å². The van der Waals surface area contributed by atoms with E-state index in [2.05, 4.69) is 9.97 Å². The van der Waals surface area contributed by atoms with Crippen LogP contribution in [0, 0.1) is 11.6 Å². The monoisotopic (exact) mass is 305 g/mol. The van der Waals surface area contributed by atoms with Crippen LogP contribution in [0.2, 0.25) is 0 Å². The Morgan fingerprint density at radius 2 is 2.14 bits per heavy atom. The molecule has 1 N–H and O–H groups in total. The number of aliphatic hydroxyl groups excluding tert-OH is 1. The minimum atomic E-state index is -0.604. The third-order valence-electron chi connectivity index (χ3n) is 3.96. The standard InChI is InChI=1S/C16H17F2N3O/c1-2-13-15(18)16(20-9-19-13)21-8-12(22)7-14(21)10-4-3-5-11(17)6-10/h3-6,9,12,14,22H,2,7-8H2,1H3. The van der Waals surface area contributed by atoms with Crippen LogP contribution in [0.5, 0.6) is 0 Å². The first-order valence-corrected chi connectivity index (χ1v) is 7.29. The van der Waals surface area contributed by atoms with Crippen molar-refractivity contribution in [2.24, 2.45) is 0 Å². The second kappa shape index (κ2) is 5.96. The number of hydrogen-bond acceptors (Lipinski definition) is 4. The Morgan fingerprint density at radius 1 is 1.32 bits per heavy atom. The van der Waals surface area contributed by atoms with Crippen LogP contribution in [0.4, 0.5) is 14.6 Å². The molecule has 0 bridgehead atoms. The largest absolute Gasteiger partial charge is 0.391 e. The number of aryl methyl sites for hydroxylation is 1. The predicted molar refractivity (Wildman–Crippen MR) is 78.5 cm³/mol. The van der Waals surface area contributed by atoms with Crippen LogP contribution >= 0.6 is 0 Å². The molecule has 1 saturated heterocycles. The van der Waals surface area contributed by atoms with Gasteiger partial charge in [0.2, 0.25) is 0 Å². The molecule has 2 heterocycles. The van der Waals surface area contributed by atoms with Gasteiger partial charge in [0.05, 0.1) is 17.8 Å². The van der Waals surface area contributed by atoms with Gasteiger partial charge in [-0.25, -0.2) is 18.7 Å². The highest BCUT2D eigenvalue weighted by Gasteiger charge is 2.35. The van der Waals surface area contributed by atoms with Crippen LogP contribution in [0.1, 0.15) is 30.6 Å². The van der Waals surface area contributed by atoms with Gasteiger partial charge < -0.3 is 10.0 Å². The third kappa shape index (κ3) is 2.66. The van der Waals surface area contributed by atoms with Gasteiger partial charge in [0.25, 0.3) is 0 Å². The Morgan fingerprint density at radius 3 is 2.86 bits per heavy atom. The Kier molecular flexibility index (Phi) is 4.02. The number of β-amino-alcohol motifs (C(OH)–C–C–N with tert-alkyl or cyclic N) is 1. The molecule has 6 heteroatoms. The fourth-order valence-corrected chi connectivity index (χ4v) is 2.92. The Hall–Kier alpha value is -2.08. The molecule has 2 aromatic rings. The molecule has 1 fully saturated rings. The van der Waals surface area contributed by atoms with Crippen molar-refractivity contribution >= 4 is 5.82 Å². The molecule has 1 aliphatic rings. The van der Waals surface area contributed by atoms with E-state index in [1.807, 2.05) is 6.92 Å². The van der Waals surface area contributed by atoms with Gasteiger partial charge in [0, 0.05) is 6.54 Å². The van der Waals surface area contributed by atoms with Gasteiger partial charge in [-0.15, -0.1) is 0 Å². The van der Waals surface area contributed by atoms with Crippen molar-refractivity contribution in [3.05, 3.63) is 53.5 Å². The second-order valence-corrected chi connectivity index (χ2v) is 5.42. The SMILES string of the molecule is CCc1ncnc(N2CC(O)CC2c2cccc(F)c2)c1F. The summed E-state index contributed by atoms with van der Waals surface area (Å²) in [5, 5.41) is 9.98. The quantitative estimate of drug-likeness (QED) is 0.947. The zero-order chi connectivity index (χ0) is 15.7. The van der Waals surface area contributed by atoms with Crippen molar-refractivity contribution in [3.63, 3.8) is 0 Å². The van der Waals surface area contributed by atoms with Gasteiger partial charge in [0.1, 0.15) is 12.1 Å². The van der Waals surface area contributed by atoms with Crippen molar-refractivity contribution in [2.45, 2.75) is 31.9 Å². The molecular weight excluding hydrogens is 288 g/mol. The van der Waals surface area contributed by atoms with Gasteiger partial charge in [-0.05, 0) is 30.5 Å². The summed E-state index contributed by atoms with van der Waals surface area (Å²) in [6.07, 6.45) is 1.59. The number of benzene rings is 1. The lowest BCUT2D eigenvalue weighted by Crippen LogP contribution is -2.27. The summed E-state index contributed by atoms with van der Waals surface area (Å²) in [7, 11) is 0. The lowest BCUT2D eigenvalue weighted by Gasteiger charge is -2.26. The summed E-state index contributed by atoms with van der Waals surface area (Å²) < 4.78 is 28.0. The van der Waals surface area contributed by atoms with E-state index in [1.54, 1.807) is 17.0 Å². The highest BCUT2D eigenvalue weighted by Crippen LogP contribution is 2.36. The van der Waals surface area contributed by atoms with Gasteiger partial charge in [0.15, 0.2) is 11.6 Å². The van der Waals surface area contributed by atoms with E-state index < -0.39 is 11.9 Å². The van der Waals surface area contributed by atoms with E-state index in [1.165, 1.54) is 18.5 Å². The van der Waals surface area contributed by atoms with E-state index >= 15 is 0 Å². The summed E-state index contributed by atoms with van der Waals surface area (Å²) in [5.41, 5.74) is 1.04. The number of anilines is 1. The smallest absolute Gasteiger partial charge is 0.187 e. The molecule has 116 valence electrons. The van der Waals surface area contributed by atoms with Crippen molar-refractivity contribution < 1.29 is 13.9 Å². The van der Waals surface area contributed by atoms with Crippen molar-refractivity contribution in [2.75, 3.05) is 11.4 Å². The highest BCUT2D eigenvalue weighted by atomic mass is 19.1. The summed E-state index contributed by atoms with van der Waals surface area (Å²) in [6.45, 7) is 2.08. The van der Waals surface area contributed by atoms with E-state index in [4.69, 9.17) is 0 Å². The third-order valence-corrected chi connectivity index (χ3v) is 3.96. The molecule has 2 atom stereocenters. The Bertz CT molecular complexity index is 680. The van der Waals surface area contributed by atoms with Gasteiger partial charge in [-0.1, -0.05) is 19.1 Å². The molecule has 22 heavy (non-hydrogen) atoms. The highest BCUT2D eigenvalue weighted by molar-refractivity contribution is 5.46. The lowest BCUT2D eigenvalue weighted by atomic mass is 10.0. The van der Waals surface area contributed by atoms with Gasteiger partial charge in [-0.2, -0.15) is 0 Å². The van der Waals surface area contributed by atoms with Crippen LogP contribution in [0.3, 0.4) is 0 Å². The Balaban J connectivity index is 2.01. The van der Waals surface area contributed by atoms with Gasteiger partial charge in [-0.3, -0.25) is 0 Å². The molecule has 0 saturated carbocycles. The average molecular weight is 305 g/mol. The van der Waals surface area contributed by atoms with Crippen molar-refractivity contribution in [3.8, 4) is 0 Å². The topological polar surface area (TPSA) is 49.2 Å². The minimum absolute atomic E-state index is 0.165. The number of aromatic nitrogens is 2. The minimum Gasteiger partial charge on any atom is -0.391 e. The Labute approximate surface area is 127 Å². The molecule has 1 aromatic carbocycles. The van der Waals surface area contributed by atoms with Crippen LogP contribution in [-0.4, -0.2) is 27.7 Å². The van der Waals surface area contributed by atoms with Crippen LogP contribution in [0.15, 0.2) is 30.6 Å². The molecule has 4 nitrogen and oxygen atoms in total. The number of hydrogen-bond donors (Lipinski definition) is 1. The molecular formula is C16H17F2N3O. The molecule has 0 spiro atoms. The summed E-state index contributed by atoms with van der Waals surface area (Å²) in [5.74, 6) is -0.658. The zero-order valence-electron chi connectivity index (χ0n) is 12.2. The number of nitrogens with zero attached hydrogens (tertiary/aromatic N) is 3. The van der Waals surface area contributed by atoms with Crippen LogP contribution in [0.25, 0.3) is 0 Å². The molecule has 3 rings (SSSR count).